The minimum absolute atomic E-state index is 0. The van der Waals surface area contributed by atoms with Gasteiger partial charge in [-0.3, -0.25) is 9.59 Å². The number of halogens is 1. The number of carbonyl (C=O) groups is 2. The van der Waals surface area contributed by atoms with Crippen LogP contribution in [0.2, 0.25) is 0 Å². The normalized spacial score (nSPS) is 14.1. The first kappa shape index (κ1) is 38.6. The van der Waals surface area contributed by atoms with Crippen LogP contribution >= 0.6 is 12.4 Å². The van der Waals surface area contributed by atoms with Crippen molar-refractivity contribution in [1.82, 2.24) is 14.7 Å². The number of methoxy groups -OCH3 is 6. The third-order valence-electron chi connectivity index (χ3n) is 7.51. The van der Waals surface area contributed by atoms with Crippen molar-refractivity contribution in [2.45, 2.75) is 6.04 Å². The molecular formula is C35H46ClN3O8. The summed E-state index contributed by atoms with van der Waals surface area (Å²) in [5.74, 6) is 2.96. The highest BCUT2D eigenvalue weighted by Crippen LogP contribution is 2.39. The zero-order chi connectivity index (χ0) is 33.6. The van der Waals surface area contributed by atoms with E-state index in [1.165, 1.54) is 12.2 Å². The highest BCUT2D eigenvalue weighted by Gasteiger charge is 2.27. The molecule has 256 valence electrons. The molecule has 2 aromatic carbocycles. The first-order valence-electron chi connectivity index (χ1n) is 14.7. The molecule has 1 aliphatic rings. The molecule has 0 saturated carbocycles. The number of allylic oxidation sites excluding steroid dienone is 4. The van der Waals surface area contributed by atoms with E-state index < -0.39 is 0 Å². The number of benzene rings is 2. The van der Waals surface area contributed by atoms with Crippen molar-refractivity contribution in [1.29, 1.82) is 0 Å². The smallest absolute Gasteiger partial charge is 0.246 e. The Morgan fingerprint density at radius 1 is 0.617 bits per heavy atom. The molecule has 47 heavy (non-hydrogen) atoms. The summed E-state index contributed by atoms with van der Waals surface area (Å²) in [6, 6.07) is 7.28. The fourth-order valence-electron chi connectivity index (χ4n) is 4.93. The lowest BCUT2D eigenvalue weighted by Gasteiger charge is -2.28. The molecule has 1 saturated heterocycles. The van der Waals surface area contributed by atoms with Crippen molar-refractivity contribution in [3.63, 3.8) is 0 Å². The molecule has 2 aromatic rings. The maximum Gasteiger partial charge on any atom is 0.246 e. The van der Waals surface area contributed by atoms with E-state index in [2.05, 4.69) is 0 Å². The molecule has 1 heterocycles. The van der Waals surface area contributed by atoms with Crippen molar-refractivity contribution < 1.29 is 38.0 Å². The Labute approximate surface area is 284 Å². The van der Waals surface area contributed by atoms with Gasteiger partial charge in [0.15, 0.2) is 23.0 Å². The molecule has 0 radical (unpaired) electrons. The minimum Gasteiger partial charge on any atom is -0.493 e. The van der Waals surface area contributed by atoms with Crippen LogP contribution in [0.4, 0.5) is 0 Å². The Balaban J connectivity index is 0.00000768. The third-order valence-corrected chi connectivity index (χ3v) is 7.51. The van der Waals surface area contributed by atoms with Gasteiger partial charge in [0.25, 0.3) is 0 Å². The molecular weight excluding hydrogens is 626 g/mol. The Bertz CT molecular complexity index is 1320. The van der Waals surface area contributed by atoms with Crippen LogP contribution in [0.5, 0.6) is 34.5 Å². The van der Waals surface area contributed by atoms with Crippen LogP contribution in [0.15, 0.2) is 60.7 Å². The molecule has 0 N–H and O–H groups in total. The highest BCUT2D eigenvalue weighted by molar-refractivity contribution is 5.89. The second-order valence-electron chi connectivity index (χ2n) is 10.5. The van der Waals surface area contributed by atoms with Gasteiger partial charge in [-0.05, 0) is 49.5 Å². The quantitative estimate of drug-likeness (QED) is 0.224. The highest BCUT2D eigenvalue weighted by atomic mass is 35.5. The van der Waals surface area contributed by atoms with E-state index in [4.69, 9.17) is 28.4 Å². The summed E-state index contributed by atoms with van der Waals surface area (Å²) < 4.78 is 32.4. The Kier molecular flexibility index (Phi) is 15.7. The maximum atomic E-state index is 13.1. The first-order chi connectivity index (χ1) is 22.2. The summed E-state index contributed by atoms with van der Waals surface area (Å²) in [7, 11) is 13.3. The molecule has 0 bridgehead atoms. The first-order valence-corrected chi connectivity index (χ1v) is 14.7. The van der Waals surface area contributed by atoms with Crippen LogP contribution in [0, 0.1) is 0 Å². The lowest BCUT2D eigenvalue weighted by molar-refractivity contribution is -0.128. The van der Waals surface area contributed by atoms with Crippen molar-refractivity contribution in [2.24, 2.45) is 0 Å². The SMILES string of the molecule is COc1cc(/C=C/C=C/C(=O)N2CCN(C(=O)/C=C/C=C/c3cc(OC)c(OC)c(OC)c3)CC(N(C)C)C2)cc(OC)c1OC.Cl. The van der Waals surface area contributed by atoms with Crippen LogP contribution in [-0.2, 0) is 9.59 Å². The van der Waals surface area contributed by atoms with Gasteiger partial charge in [-0.1, -0.05) is 36.5 Å². The molecule has 0 spiro atoms. The largest absolute Gasteiger partial charge is 0.493 e. The number of rotatable bonds is 13. The predicted octanol–water partition coefficient (Wildman–Crippen LogP) is 4.60. The second-order valence-corrected chi connectivity index (χ2v) is 10.5. The Hall–Kier alpha value is -4.61. The average Bonchev–Trinajstić information content (AvgIpc) is 3.31. The fourth-order valence-corrected chi connectivity index (χ4v) is 4.93. The lowest BCUT2D eigenvalue weighted by atomic mass is 10.1. The Morgan fingerprint density at radius 3 is 1.23 bits per heavy atom. The molecule has 0 atom stereocenters. The van der Waals surface area contributed by atoms with Crippen LogP contribution in [-0.4, -0.2) is 115 Å². The van der Waals surface area contributed by atoms with E-state index in [0.717, 1.165) is 11.1 Å². The number of likely N-dealkylation sites (N-methyl/N-ethyl adjacent to an activating group) is 1. The van der Waals surface area contributed by atoms with Crippen molar-refractivity contribution >= 4 is 36.4 Å². The van der Waals surface area contributed by atoms with Crippen molar-refractivity contribution in [2.75, 3.05) is 82.9 Å². The Morgan fingerprint density at radius 2 is 0.957 bits per heavy atom. The van der Waals surface area contributed by atoms with E-state index in [1.807, 2.05) is 55.4 Å². The summed E-state index contributed by atoms with van der Waals surface area (Å²) in [6.07, 6.45) is 13.7. The van der Waals surface area contributed by atoms with Crippen LogP contribution in [0.25, 0.3) is 12.2 Å². The van der Waals surface area contributed by atoms with Gasteiger partial charge in [0.1, 0.15) is 0 Å². The molecule has 0 unspecified atom stereocenters. The number of amides is 2. The van der Waals surface area contributed by atoms with Crippen LogP contribution in [0.3, 0.4) is 0 Å². The standard InChI is InChI=1S/C35H45N3O8.ClH/c1-36(2)27-23-37(32(39)15-11-9-13-25-19-28(41-3)34(45-7)29(20-25)42-4)17-18-38(24-27)33(40)16-12-10-14-26-21-30(43-5)35(46-8)31(22-26)44-6;/h9-16,19-22,27H,17-18,23-24H2,1-8H3;1H/b13-9+,14-10+,15-11+,16-12+;. The van der Waals surface area contributed by atoms with Gasteiger partial charge in [0, 0.05) is 44.4 Å². The van der Waals surface area contributed by atoms with Gasteiger partial charge in [-0.25, -0.2) is 0 Å². The predicted molar refractivity (Wildman–Crippen MR) is 186 cm³/mol. The van der Waals surface area contributed by atoms with E-state index in [9.17, 15) is 9.59 Å². The summed E-state index contributed by atoms with van der Waals surface area (Å²) >= 11 is 0. The lowest BCUT2D eigenvalue weighted by Crippen LogP contribution is -2.45. The van der Waals surface area contributed by atoms with Crippen molar-refractivity contribution in [3.8, 4) is 34.5 Å². The summed E-state index contributed by atoms with van der Waals surface area (Å²) in [5.41, 5.74) is 1.66. The summed E-state index contributed by atoms with van der Waals surface area (Å²) in [5, 5.41) is 0. The molecule has 0 aliphatic carbocycles. The van der Waals surface area contributed by atoms with Crippen molar-refractivity contribution in [3.05, 3.63) is 71.8 Å². The van der Waals surface area contributed by atoms with E-state index >= 15 is 0 Å². The third kappa shape index (κ3) is 10.5. The number of hydrogen-bond donors (Lipinski definition) is 0. The zero-order valence-corrected chi connectivity index (χ0v) is 29.2. The number of ether oxygens (including phenoxy) is 6. The summed E-state index contributed by atoms with van der Waals surface area (Å²) in [4.78, 5) is 31.9. The molecule has 3 rings (SSSR count). The van der Waals surface area contributed by atoms with E-state index in [0.29, 0.717) is 60.7 Å². The molecule has 0 aromatic heterocycles. The maximum absolute atomic E-state index is 13.1. The minimum atomic E-state index is -0.125. The molecule has 1 aliphatic heterocycles. The zero-order valence-electron chi connectivity index (χ0n) is 28.3. The van der Waals surface area contributed by atoms with Gasteiger partial charge < -0.3 is 43.1 Å². The van der Waals surface area contributed by atoms with Crippen LogP contribution in [0.1, 0.15) is 11.1 Å². The average molecular weight is 672 g/mol. The second kappa shape index (κ2) is 19.1. The van der Waals surface area contributed by atoms with Gasteiger partial charge in [-0.15, -0.1) is 12.4 Å². The topological polar surface area (TPSA) is 99.2 Å². The number of hydrogen-bond acceptors (Lipinski definition) is 9. The van der Waals surface area contributed by atoms with Gasteiger partial charge in [-0.2, -0.15) is 0 Å². The molecule has 12 heteroatoms. The fraction of sp³-hybridized carbons (Fsp3) is 0.371. The van der Waals surface area contributed by atoms with Crippen LogP contribution < -0.4 is 28.4 Å². The molecule has 11 nitrogen and oxygen atoms in total. The van der Waals surface area contributed by atoms with Gasteiger partial charge in [0.2, 0.25) is 23.3 Å². The van der Waals surface area contributed by atoms with Gasteiger partial charge >= 0.3 is 0 Å². The number of nitrogens with zero attached hydrogens (tertiary/aromatic N) is 3. The molecule has 1 fully saturated rings. The van der Waals surface area contributed by atoms with E-state index in [1.54, 1.807) is 76.8 Å². The van der Waals surface area contributed by atoms with Gasteiger partial charge in [0.05, 0.1) is 42.7 Å². The molecule has 2 amide bonds. The monoisotopic (exact) mass is 671 g/mol. The number of carbonyl (C=O) groups excluding carboxylic acids is 2. The van der Waals surface area contributed by atoms with E-state index in [-0.39, 0.29) is 30.3 Å². The summed E-state index contributed by atoms with van der Waals surface area (Å²) in [6.45, 7) is 1.85.